The van der Waals surface area contributed by atoms with E-state index in [4.69, 9.17) is 0 Å². The zero-order chi connectivity index (χ0) is 16.4. The van der Waals surface area contributed by atoms with Crippen LogP contribution in [0.15, 0.2) is 18.2 Å². The first-order valence-corrected chi connectivity index (χ1v) is 9.83. The maximum atomic E-state index is 12.3. The first-order valence-electron chi connectivity index (χ1n) is 8.34. The van der Waals surface area contributed by atoms with E-state index >= 15 is 0 Å². The molecule has 1 amide bonds. The quantitative estimate of drug-likeness (QED) is 0.793. The van der Waals surface area contributed by atoms with Gasteiger partial charge in [0.15, 0.2) is 5.78 Å². The average molecular weight is 333 g/mol. The fraction of sp³-hybridized carbons (Fsp3) is 0.556. The van der Waals surface area contributed by atoms with Crippen molar-refractivity contribution in [3.63, 3.8) is 0 Å². The van der Waals surface area contributed by atoms with Crippen molar-refractivity contribution in [1.29, 1.82) is 0 Å². The first-order chi connectivity index (χ1) is 11.0. The Kier molecular flexibility index (Phi) is 4.95. The number of aryl methyl sites for hydroxylation is 2. The van der Waals surface area contributed by atoms with Crippen molar-refractivity contribution in [2.45, 2.75) is 45.1 Å². The van der Waals surface area contributed by atoms with Crippen molar-refractivity contribution < 1.29 is 13.8 Å². The molecule has 5 heteroatoms. The number of hydrogen-bond donors (Lipinski definition) is 0. The van der Waals surface area contributed by atoms with Crippen LogP contribution >= 0.6 is 0 Å². The summed E-state index contributed by atoms with van der Waals surface area (Å²) in [6, 6.07) is 5.96. The fourth-order valence-corrected chi connectivity index (χ4v) is 4.77. The topological polar surface area (TPSA) is 54.5 Å². The summed E-state index contributed by atoms with van der Waals surface area (Å²) >= 11 is 0. The number of amides is 1. The number of carbonyl (C=O) groups is 2. The Morgan fingerprint density at radius 3 is 2.78 bits per heavy atom. The molecule has 0 spiro atoms. The Morgan fingerprint density at radius 1 is 1.22 bits per heavy atom. The summed E-state index contributed by atoms with van der Waals surface area (Å²) < 4.78 is 11.5. The van der Waals surface area contributed by atoms with E-state index in [0.717, 1.165) is 18.4 Å². The molecule has 0 N–H and O–H groups in total. The van der Waals surface area contributed by atoms with E-state index in [0.29, 0.717) is 18.1 Å². The SMILES string of the molecule is CC1CS(=O)CCN1C(=O)CCC(=O)c1ccc2c(c1)CCC2. The van der Waals surface area contributed by atoms with Crippen LogP contribution in [0.25, 0.3) is 0 Å². The van der Waals surface area contributed by atoms with Crippen LogP contribution in [0.1, 0.15) is 47.7 Å². The molecule has 1 aromatic carbocycles. The second kappa shape index (κ2) is 6.95. The molecule has 1 saturated heterocycles. The molecule has 23 heavy (non-hydrogen) atoms. The summed E-state index contributed by atoms with van der Waals surface area (Å²) in [6.07, 6.45) is 3.82. The van der Waals surface area contributed by atoms with Crippen LogP contribution in [0.3, 0.4) is 0 Å². The van der Waals surface area contributed by atoms with E-state index < -0.39 is 10.8 Å². The molecule has 4 nitrogen and oxygen atoms in total. The van der Waals surface area contributed by atoms with Crippen molar-refractivity contribution in [3.05, 3.63) is 34.9 Å². The minimum Gasteiger partial charge on any atom is -0.338 e. The summed E-state index contributed by atoms with van der Waals surface area (Å²) in [5.41, 5.74) is 3.37. The van der Waals surface area contributed by atoms with Gasteiger partial charge in [0.25, 0.3) is 0 Å². The van der Waals surface area contributed by atoms with E-state index in [2.05, 4.69) is 6.07 Å². The number of benzene rings is 1. The van der Waals surface area contributed by atoms with Crippen LogP contribution in [0, 0.1) is 0 Å². The normalized spacial score (nSPS) is 23.6. The van der Waals surface area contributed by atoms with Gasteiger partial charge in [-0.05, 0) is 43.4 Å². The van der Waals surface area contributed by atoms with Gasteiger partial charge in [0.2, 0.25) is 5.91 Å². The van der Waals surface area contributed by atoms with Crippen molar-refractivity contribution in [2.75, 3.05) is 18.1 Å². The minimum absolute atomic E-state index is 0.00344. The standard InChI is InChI=1S/C18H23NO3S/c1-13-12-23(22)10-9-19(13)18(21)8-7-17(20)16-6-5-14-3-2-4-15(14)11-16/h5-6,11,13H,2-4,7-10,12H2,1H3. The van der Waals surface area contributed by atoms with Crippen molar-refractivity contribution >= 4 is 22.5 Å². The highest BCUT2D eigenvalue weighted by molar-refractivity contribution is 7.85. The minimum atomic E-state index is -0.811. The molecule has 2 aliphatic rings. The Balaban J connectivity index is 1.56. The fourth-order valence-electron chi connectivity index (χ4n) is 3.49. The molecule has 124 valence electrons. The monoisotopic (exact) mass is 333 g/mol. The van der Waals surface area contributed by atoms with E-state index in [9.17, 15) is 13.8 Å². The second-order valence-corrected chi connectivity index (χ2v) is 8.13. The van der Waals surface area contributed by atoms with Gasteiger partial charge in [-0.25, -0.2) is 0 Å². The van der Waals surface area contributed by atoms with Gasteiger partial charge >= 0.3 is 0 Å². The first kappa shape index (κ1) is 16.4. The van der Waals surface area contributed by atoms with Crippen molar-refractivity contribution in [2.24, 2.45) is 0 Å². The molecule has 1 aliphatic heterocycles. The van der Waals surface area contributed by atoms with Crippen LogP contribution in [0.2, 0.25) is 0 Å². The second-order valence-electron chi connectivity index (χ2n) is 6.51. The Bertz CT molecular complexity index is 656. The Labute approximate surface area is 139 Å². The average Bonchev–Trinajstić information content (AvgIpc) is 2.99. The highest BCUT2D eigenvalue weighted by Gasteiger charge is 2.26. The van der Waals surface area contributed by atoms with Gasteiger partial charge in [0.05, 0.1) is 0 Å². The van der Waals surface area contributed by atoms with E-state index in [-0.39, 0.29) is 30.6 Å². The van der Waals surface area contributed by atoms with Crippen LogP contribution < -0.4 is 0 Å². The molecule has 3 rings (SSSR count). The number of rotatable bonds is 4. The van der Waals surface area contributed by atoms with Gasteiger partial charge in [0.1, 0.15) is 0 Å². The zero-order valence-electron chi connectivity index (χ0n) is 13.5. The lowest BCUT2D eigenvalue weighted by molar-refractivity contribution is -0.132. The molecular weight excluding hydrogens is 310 g/mol. The maximum absolute atomic E-state index is 12.3. The maximum Gasteiger partial charge on any atom is 0.223 e. The number of hydrogen-bond acceptors (Lipinski definition) is 3. The highest BCUT2D eigenvalue weighted by Crippen LogP contribution is 2.23. The van der Waals surface area contributed by atoms with Crippen LogP contribution in [-0.2, 0) is 28.4 Å². The van der Waals surface area contributed by atoms with E-state index in [1.54, 1.807) is 4.90 Å². The smallest absolute Gasteiger partial charge is 0.223 e. The number of Topliss-reactive ketones (excluding diaryl/α,β-unsaturated/α-hetero) is 1. The van der Waals surface area contributed by atoms with Crippen molar-refractivity contribution in [1.82, 2.24) is 4.90 Å². The molecule has 0 saturated carbocycles. The van der Waals surface area contributed by atoms with Gasteiger partial charge in [-0.15, -0.1) is 0 Å². The summed E-state index contributed by atoms with van der Waals surface area (Å²) in [5.74, 6) is 1.14. The lowest BCUT2D eigenvalue weighted by Crippen LogP contribution is -2.48. The van der Waals surface area contributed by atoms with E-state index in [1.165, 1.54) is 17.5 Å². The summed E-state index contributed by atoms with van der Waals surface area (Å²) in [5, 5.41) is 0. The van der Waals surface area contributed by atoms with E-state index in [1.807, 2.05) is 19.1 Å². The predicted molar refractivity (Wildman–Crippen MR) is 91.1 cm³/mol. The molecule has 1 aromatic rings. The zero-order valence-corrected chi connectivity index (χ0v) is 14.4. The molecule has 2 unspecified atom stereocenters. The third-order valence-corrected chi connectivity index (χ3v) is 6.32. The predicted octanol–water partition coefficient (Wildman–Crippen LogP) is 2.12. The van der Waals surface area contributed by atoms with Gasteiger partial charge in [-0.3, -0.25) is 13.8 Å². The Morgan fingerprint density at radius 2 is 2.00 bits per heavy atom. The molecule has 0 bridgehead atoms. The third kappa shape index (κ3) is 3.71. The van der Waals surface area contributed by atoms with Gasteiger partial charge < -0.3 is 4.90 Å². The number of carbonyl (C=O) groups excluding carboxylic acids is 2. The van der Waals surface area contributed by atoms with Crippen LogP contribution in [0.4, 0.5) is 0 Å². The molecule has 1 fully saturated rings. The number of nitrogens with zero attached hydrogens (tertiary/aromatic N) is 1. The largest absolute Gasteiger partial charge is 0.338 e. The molecule has 2 atom stereocenters. The molecule has 1 heterocycles. The number of ketones is 1. The van der Waals surface area contributed by atoms with Gasteiger partial charge in [0, 0.05) is 53.3 Å². The van der Waals surface area contributed by atoms with Gasteiger partial charge in [-0.1, -0.05) is 12.1 Å². The Hall–Kier alpha value is -1.49. The molecular formula is C18H23NO3S. The van der Waals surface area contributed by atoms with Crippen LogP contribution in [-0.4, -0.2) is 44.9 Å². The summed E-state index contributed by atoms with van der Waals surface area (Å²) in [6.45, 7) is 2.47. The van der Waals surface area contributed by atoms with Crippen LogP contribution in [0.5, 0.6) is 0 Å². The molecule has 0 aromatic heterocycles. The van der Waals surface area contributed by atoms with Gasteiger partial charge in [-0.2, -0.15) is 0 Å². The lowest BCUT2D eigenvalue weighted by Gasteiger charge is -2.33. The highest BCUT2D eigenvalue weighted by atomic mass is 32.2. The third-order valence-electron chi connectivity index (χ3n) is 4.83. The summed E-state index contributed by atoms with van der Waals surface area (Å²) in [4.78, 5) is 26.4. The summed E-state index contributed by atoms with van der Waals surface area (Å²) in [7, 11) is -0.811. The molecule has 0 radical (unpaired) electrons. The molecule has 1 aliphatic carbocycles. The lowest BCUT2D eigenvalue weighted by atomic mass is 10.0. The number of fused-ring (bicyclic) bond motifs is 1. The van der Waals surface area contributed by atoms with Crippen molar-refractivity contribution in [3.8, 4) is 0 Å².